The first-order valence-corrected chi connectivity index (χ1v) is 4.67. The number of aromatic nitrogens is 1. The minimum atomic E-state index is -0.611. The highest BCUT2D eigenvalue weighted by atomic mass is 32.1. The number of carbonyl (C=O) groups is 2. The standard InChI is InChI=1S/C8H9NO4S/c1-5-9-6(4-14-5)8(11)13-3-7(10)12-2/h4H,3H2,1-2H3. The first kappa shape index (κ1) is 10.6. The summed E-state index contributed by atoms with van der Waals surface area (Å²) < 4.78 is 8.93. The number of rotatable bonds is 3. The fourth-order valence-corrected chi connectivity index (χ4v) is 1.30. The maximum absolute atomic E-state index is 11.2. The molecule has 76 valence electrons. The molecule has 0 aliphatic rings. The molecule has 6 heteroatoms. The highest BCUT2D eigenvalue weighted by Gasteiger charge is 2.12. The number of nitrogens with zero attached hydrogens (tertiary/aromatic N) is 1. The number of thiazole rings is 1. The van der Waals surface area contributed by atoms with Crippen molar-refractivity contribution < 1.29 is 19.1 Å². The molecule has 1 aromatic heterocycles. The summed E-state index contributed by atoms with van der Waals surface area (Å²) in [6, 6.07) is 0. The van der Waals surface area contributed by atoms with Crippen LogP contribution in [0.25, 0.3) is 0 Å². The zero-order valence-electron chi connectivity index (χ0n) is 7.77. The molecule has 0 N–H and O–H groups in total. The van der Waals surface area contributed by atoms with Crippen molar-refractivity contribution >= 4 is 23.3 Å². The van der Waals surface area contributed by atoms with Gasteiger partial charge in [0.1, 0.15) is 0 Å². The Labute approximate surface area is 84.7 Å². The molecule has 0 amide bonds. The number of hydrogen-bond donors (Lipinski definition) is 0. The number of ether oxygens (including phenoxy) is 2. The van der Waals surface area contributed by atoms with Gasteiger partial charge in [-0.1, -0.05) is 0 Å². The van der Waals surface area contributed by atoms with Gasteiger partial charge in [0, 0.05) is 5.38 Å². The Balaban J connectivity index is 2.47. The number of hydrogen-bond acceptors (Lipinski definition) is 6. The maximum Gasteiger partial charge on any atom is 0.358 e. The molecular formula is C8H9NO4S. The van der Waals surface area contributed by atoms with E-state index < -0.39 is 11.9 Å². The highest BCUT2D eigenvalue weighted by molar-refractivity contribution is 7.09. The van der Waals surface area contributed by atoms with E-state index in [1.54, 1.807) is 12.3 Å². The fourth-order valence-electron chi connectivity index (χ4n) is 0.715. The lowest BCUT2D eigenvalue weighted by molar-refractivity contribution is -0.144. The van der Waals surface area contributed by atoms with E-state index in [-0.39, 0.29) is 12.3 Å². The largest absolute Gasteiger partial charge is 0.466 e. The first-order valence-electron chi connectivity index (χ1n) is 3.79. The van der Waals surface area contributed by atoms with E-state index >= 15 is 0 Å². The van der Waals surface area contributed by atoms with Gasteiger partial charge in [0.15, 0.2) is 12.3 Å². The van der Waals surface area contributed by atoms with Crippen LogP contribution in [0.15, 0.2) is 5.38 Å². The molecular weight excluding hydrogens is 206 g/mol. The van der Waals surface area contributed by atoms with Gasteiger partial charge in [-0.2, -0.15) is 0 Å². The molecule has 0 bridgehead atoms. The Morgan fingerprint density at radius 1 is 1.57 bits per heavy atom. The summed E-state index contributed by atoms with van der Waals surface area (Å²) in [5.41, 5.74) is 0.219. The van der Waals surface area contributed by atoms with Crippen LogP contribution >= 0.6 is 11.3 Å². The van der Waals surface area contributed by atoms with Crippen molar-refractivity contribution in [1.29, 1.82) is 0 Å². The summed E-state index contributed by atoms with van der Waals surface area (Å²) >= 11 is 1.34. The van der Waals surface area contributed by atoms with Crippen LogP contribution in [-0.4, -0.2) is 30.6 Å². The number of aryl methyl sites for hydroxylation is 1. The van der Waals surface area contributed by atoms with Crippen LogP contribution in [0.4, 0.5) is 0 Å². The molecule has 0 spiro atoms. The van der Waals surface area contributed by atoms with Gasteiger partial charge in [-0.05, 0) is 6.92 Å². The number of carbonyl (C=O) groups excluding carboxylic acids is 2. The molecule has 1 aromatic rings. The van der Waals surface area contributed by atoms with Crippen LogP contribution in [0, 0.1) is 6.92 Å². The molecule has 0 saturated carbocycles. The Morgan fingerprint density at radius 3 is 2.79 bits per heavy atom. The summed E-state index contributed by atoms with van der Waals surface area (Å²) in [5, 5.41) is 2.35. The molecule has 0 saturated heterocycles. The van der Waals surface area contributed by atoms with E-state index in [4.69, 9.17) is 0 Å². The van der Waals surface area contributed by atoms with Crippen molar-refractivity contribution in [2.24, 2.45) is 0 Å². The Kier molecular flexibility index (Phi) is 3.58. The third-order valence-corrected chi connectivity index (χ3v) is 2.15. The maximum atomic E-state index is 11.2. The Bertz CT molecular complexity index is 347. The second-order valence-corrected chi connectivity index (χ2v) is 3.47. The first-order chi connectivity index (χ1) is 6.63. The molecule has 0 aliphatic carbocycles. The molecule has 0 radical (unpaired) electrons. The second-order valence-electron chi connectivity index (χ2n) is 2.40. The van der Waals surface area contributed by atoms with Crippen molar-refractivity contribution in [2.75, 3.05) is 13.7 Å². The molecule has 5 nitrogen and oxygen atoms in total. The number of methoxy groups -OCH3 is 1. The SMILES string of the molecule is COC(=O)COC(=O)c1csc(C)n1. The van der Waals surface area contributed by atoms with E-state index in [1.165, 1.54) is 18.4 Å². The van der Waals surface area contributed by atoms with Gasteiger partial charge in [-0.15, -0.1) is 11.3 Å². The predicted molar refractivity (Wildman–Crippen MR) is 49.1 cm³/mol. The molecule has 1 heterocycles. The predicted octanol–water partition coefficient (Wildman–Crippen LogP) is 0.781. The van der Waals surface area contributed by atoms with Crippen LogP contribution in [0.3, 0.4) is 0 Å². The van der Waals surface area contributed by atoms with Gasteiger partial charge in [-0.25, -0.2) is 14.6 Å². The van der Waals surface area contributed by atoms with Gasteiger partial charge < -0.3 is 9.47 Å². The van der Waals surface area contributed by atoms with Crippen molar-refractivity contribution in [3.8, 4) is 0 Å². The molecule has 0 atom stereocenters. The monoisotopic (exact) mass is 215 g/mol. The van der Waals surface area contributed by atoms with Gasteiger partial charge in [-0.3, -0.25) is 0 Å². The van der Waals surface area contributed by atoms with Crippen LogP contribution in [0.2, 0.25) is 0 Å². The highest BCUT2D eigenvalue weighted by Crippen LogP contribution is 2.08. The van der Waals surface area contributed by atoms with Crippen molar-refractivity contribution in [1.82, 2.24) is 4.98 Å². The fraction of sp³-hybridized carbons (Fsp3) is 0.375. The summed E-state index contributed by atoms with van der Waals surface area (Å²) in [6.45, 7) is 1.40. The lowest BCUT2D eigenvalue weighted by Crippen LogP contribution is -2.15. The smallest absolute Gasteiger partial charge is 0.358 e. The zero-order chi connectivity index (χ0) is 10.6. The van der Waals surface area contributed by atoms with Gasteiger partial charge >= 0.3 is 11.9 Å². The van der Waals surface area contributed by atoms with E-state index in [1.807, 2.05) is 0 Å². The zero-order valence-corrected chi connectivity index (χ0v) is 8.59. The quantitative estimate of drug-likeness (QED) is 0.697. The van der Waals surface area contributed by atoms with Crippen LogP contribution in [0.5, 0.6) is 0 Å². The normalized spacial score (nSPS) is 9.57. The van der Waals surface area contributed by atoms with Gasteiger partial charge in [0.25, 0.3) is 0 Å². The molecule has 0 unspecified atom stereocenters. The summed E-state index contributed by atoms with van der Waals surface area (Å²) in [5.74, 6) is -1.20. The summed E-state index contributed by atoms with van der Waals surface area (Å²) in [4.78, 5) is 25.7. The Hall–Kier alpha value is -1.43. The topological polar surface area (TPSA) is 65.5 Å². The van der Waals surface area contributed by atoms with Crippen molar-refractivity contribution in [3.05, 3.63) is 16.1 Å². The van der Waals surface area contributed by atoms with E-state index in [2.05, 4.69) is 14.5 Å². The summed E-state index contributed by atoms with van der Waals surface area (Å²) in [7, 11) is 1.23. The molecule has 0 aliphatic heterocycles. The minimum Gasteiger partial charge on any atom is -0.466 e. The number of esters is 2. The van der Waals surface area contributed by atoms with Crippen LogP contribution in [-0.2, 0) is 14.3 Å². The molecule has 1 rings (SSSR count). The average molecular weight is 215 g/mol. The van der Waals surface area contributed by atoms with Crippen LogP contribution in [0.1, 0.15) is 15.5 Å². The van der Waals surface area contributed by atoms with Gasteiger partial charge in [0.05, 0.1) is 12.1 Å². The lowest BCUT2D eigenvalue weighted by atomic mass is 10.5. The van der Waals surface area contributed by atoms with Gasteiger partial charge in [0.2, 0.25) is 0 Å². The third kappa shape index (κ3) is 2.81. The van der Waals surface area contributed by atoms with E-state index in [0.717, 1.165) is 5.01 Å². The second kappa shape index (κ2) is 4.71. The third-order valence-electron chi connectivity index (χ3n) is 1.38. The van der Waals surface area contributed by atoms with E-state index in [0.29, 0.717) is 0 Å². The minimum absolute atomic E-state index is 0.219. The molecule has 0 fully saturated rings. The van der Waals surface area contributed by atoms with Crippen molar-refractivity contribution in [3.63, 3.8) is 0 Å². The van der Waals surface area contributed by atoms with E-state index in [9.17, 15) is 9.59 Å². The lowest BCUT2D eigenvalue weighted by Gasteiger charge is -1.99. The molecule has 14 heavy (non-hydrogen) atoms. The summed E-state index contributed by atoms with van der Waals surface area (Å²) in [6.07, 6.45) is 0. The van der Waals surface area contributed by atoms with Crippen molar-refractivity contribution in [2.45, 2.75) is 6.92 Å². The van der Waals surface area contributed by atoms with Crippen LogP contribution < -0.4 is 0 Å². The average Bonchev–Trinajstić information content (AvgIpc) is 2.60. The Morgan fingerprint density at radius 2 is 2.29 bits per heavy atom. The molecule has 0 aromatic carbocycles.